The summed E-state index contributed by atoms with van der Waals surface area (Å²) < 4.78 is 5.32. The van der Waals surface area contributed by atoms with Crippen LogP contribution in [0.25, 0.3) is 0 Å². The molecule has 1 aromatic carbocycles. The summed E-state index contributed by atoms with van der Waals surface area (Å²) in [6, 6.07) is 4.18. The molecule has 18 heavy (non-hydrogen) atoms. The molecule has 1 rings (SSSR count). The Morgan fingerprint density at radius 3 is 2.83 bits per heavy atom. The third kappa shape index (κ3) is 4.58. The zero-order valence-electron chi connectivity index (χ0n) is 9.69. The van der Waals surface area contributed by atoms with Gasteiger partial charge < -0.3 is 10.5 Å². The Kier molecular flexibility index (Phi) is 5.38. The molecule has 6 nitrogen and oxygen atoms in total. The number of nitrogens with one attached hydrogen (secondary N) is 1. The van der Waals surface area contributed by atoms with Crippen LogP contribution in [0.4, 0.5) is 5.69 Å². The van der Waals surface area contributed by atoms with Crippen LogP contribution in [0.15, 0.2) is 18.2 Å². The smallest absolute Gasteiger partial charge is 0.311 e. The Bertz CT molecular complexity index is 451. The van der Waals surface area contributed by atoms with E-state index in [1.54, 1.807) is 0 Å². The fraction of sp³-hybridized carbons (Fsp3) is 0.364. The van der Waals surface area contributed by atoms with Crippen LogP contribution in [0.2, 0.25) is 5.02 Å². The zero-order valence-corrected chi connectivity index (χ0v) is 10.4. The Morgan fingerprint density at radius 1 is 1.50 bits per heavy atom. The molecule has 0 aliphatic heterocycles. The lowest BCUT2D eigenvalue weighted by molar-refractivity contribution is -0.385. The highest BCUT2D eigenvalue weighted by Gasteiger charge is 2.14. The largest absolute Gasteiger partial charge is 0.487 e. The Morgan fingerprint density at radius 2 is 2.22 bits per heavy atom. The second-order valence-corrected chi connectivity index (χ2v) is 4.14. The molecular formula is C11H14ClN3O3. The Labute approximate surface area is 109 Å². The lowest BCUT2D eigenvalue weighted by Crippen LogP contribution is -2.09. The predicted molar refractivity (Wildman–Crippen MR) is 69.4 cm³/mol. The lowest BCUT2D eigenvalue weighted by atomic mass is 10.2. The number of hydrogen-bond donors (Lipinski definition) is 2. The second kappa shape index (κ2) is 6.80. The molecule has 0 heterocycles. The average Bonchev–Trinajstić information content (AvgIpc) is 2.27. The minimum atomic E-state index is -0.513. The lowest BCUT2D eigenvalue weighted by Gasteiger charge is -2.06. The van der Waals surface area contributed by atoms with E-state index in [9.17, 15) is 10.1 Å². The van der Waals surface area contributed by atoms with E-state index in [0.717, 1.165) is 0 Å². The first-order valence-electron chi connectivity index (χ1n) is 5.40. The van der Waals surface area contributed by atoms with Gasteiger partial charge in [-0.25, -0.2) is 0 Å². The summed E-state index contributed by atoms with van der Waals surface area (Å²) in [4.78, 5) is 10.2. The average molecular weight is 272 g/mol. The number of ether oxygens (including phenoxy) is 1. The van der Waals surface area contributed by atoms with Crippen molar-refractivity contribution in [3.63, 3.8) is 0 Å². The molecule has 0 spiro atoms. The SMILES string of the molecule is N=C(N)CCCCOc1cc(Cl)ccc1[N+](=O)[O-]. The first kappa shape index (κ1) is 14.2. The summed E-state index contributed by atoms with van der Waals surface area (Å²) in [5.41, 5.74) is 5.10. The number of unbranched alkanes of at least 4 members (excludes halogenated alkanes) is 1. The molecule has 0 radical (unpaired) electrons. The van der Waals surface area contributed by atoms with Gasteiger partial charge >= 0.3 is 5.69 Å². The number of nitrogens with zero attached hydrogens (tertiary/aromatic N) is 1. The van der Waals surface area contributed by atoms with Crippen molar-refractivity contribution in [2.45, 2.75) is 19.3 Å². The molecule has 0 saturated carbocycles. The van der Waals surface area contributed by atoms with Gasteiger partial charge in [-0.2, -0.15) is 0 Å². The van der Waals surface area contributed by atoms with Crippen molar-refractivity contribution in [2.75, 3.05) is 6.61 Å². The molecule has 98 valence electrons. The second-order valence-electron chi connectivity index (χ2n) is 3.70. The van der Waals surface area contributed by atoms with Gasteiger partial charge in [0.15, 0.2) is 5.75 Å². The van der Waals surface area contributed by atoms with E-state index in [1.807, 2.05) is 0 Å². The van der Waals surface area contributed by atoms with Gasteiger partial charge in [-0.05, 0) is 18.9 Å². The predicted octanol–water partition coefficient (Wildman–Crippen LogP) is 2.73. The van der Waals surface area contributed by atoms with E-state index >= 15 is 0 Å². The van der Waals surface area contributed by atoms with Crippen molar-refractivity contribution in [3.05, 3.63) is 33.3 Å². The van der Waals surface area contributed by atoms with Crippen LogP contribution in [0, 0.1) is 15.5 Å². The fourth-order valence-electron chi connectivity index (χ4n) is 1.35. The van der Waals surface area contributed by atoms with E-state index in [2.05, 4.69) is 0 Å². The molecule has 0 amide bonds. The van der Waals surface area contributed by atoms with E-state index in [-0.39, 0.29) is 17.3 Å². The minimum Gasteiger partial charge on any atom is -0.487 e. The number of nitro benzene ring substituents is 1. The zero-order chi connectivity index (χ0) is 13.5. The first-order chi connectivity index (χ1) is 8.50. The van der Waals surface area contributed by atoms with Crippen LogP contribution in [0.1, 0.15) is 19.3 Å². The van der Waals surface area contributed by atoms with Gasteiger partial charge in [0.1, 0.15) is 0 Å². The molecule has 0 atom stereocenters. The molecule has 0 aromatic heterocycles. The molecule has 0 fully saturated rings. The van der Waals surface area contributed by atoms with Crippen LogP contribution in [-0.4, -0.2) is 17.4 Å². The van der Waals surface area contributed by atoms with Crippen molar-refractivity contribution in [1.82, 2.24) is 0 Å². The van der Waals surface area contributed by atoms with Crippen LogP contribution < -0.4 is 10.5 Å². The molecule has 1 aromatic rings. The van der Waals surface area contributed by atoms with Crippen LogP contribution in [0.5, 0.6) is 5.75 Å². The quantitative estimate of drug-likeness (QED) is 0.262. The molecule has 3 N–H and O–H groups in total. The van der Waals surface area contributed by atoms with Crippen LogP contribution in [0.3, 0.4) is 0 Å². The van der Waals surface area contributed by atoms with Gasteiger partial charge in [-0.3, -0.25) is 15.5 Å². The van der Waals surface area contributed by atoms with Crippen LogP contribution >= 0.6 is 11.6 Å². The molecule has 0 unspecified atom stereocenters. The third-order valence-corrected chi connectivity index (χ3v) is 2.45. The topological polar surface area (TPSA) is 102 Å². The molecule has 0 saturated heterocycles. The van der Waals surface area contributed by atoms with E-state index in [1.165, 1.54) is 18.2 Å². The van der Waals surface area contributed by atoms with Gasteiger partial charge in [0.05, 0.1) is 17.4 Å². The van der Waals surface area contributed by atoms with Crippen molar-refractivity contribution in [3.8, 4) is 5.75 Å². The minimum absolute atomic E-state index is 0.106. The number of amidine groups is 1. The number of hydrogen-bond acceptors (Lipinski definition) is 4. The van der Waals surface area contributed by atoms with E-state index in [0.29, 0.717) is 30.9 Å². The normalized spacial score (nSPS) is 10.1. The molecule has 0 aliphatic carbocycles. The fourth-order valence-corrected chi connectivity index (χ4v) is 1.52. The number of halogens is 1. The molecular weight excluding hydrogens is 258 g/mol. The van der Waals surface area contributed by atoms with Crippen molar-refractivity contribution < 1.29 is 9.66 Å². The van der Waals surface area contributed by atoms with E-state index in [4.69, 9.17) is 27.5 Å². The molecule has 0 bridgehead atoms. The number of nitrogens with two attached hydrogens (primary N) is 1. The van der Waals surface area contributed by atoms with Gasteiger partial charge in [0, 0.05) is 23.6 Å². The maximum atomic E-state index is 10.7. The summed E-state index contributed by atoms with van der Waals surface area (Å²) in [6.07, 6.45) is 1.88. The summed E-state index contributed by atoms with van der Waals surface area (Å²) in [6.45, 7) is 0.328. The highest BCUT2D eigenvalue weighted by Crippen LogP contribution is 2.29. The standard InChI is InChI=1S/C11H14ClN3O3/c12-8-4-5-9(15(16)17)10(7-8)18-6-2-1-3-11(13)14/h4-5,7H,1-3,6H2,(H3,13,14). The van der Waals surface area contributed by atoms with Gasteiger partial charge in [0.25, 0.3) is 0 Å². The summed E-state index contributed by atoms with van der Waals surface area (Å²) in [5.74, 6) is 0.291. The van der Waals surface area contributed by atoms with Crippen molar-refractivity contribution in [1.29, 1.82) is 5.41 Å². The highest BCUT2D eigenvalue weighted by atomic mass is 35.5. The van der Waals surface area contributed by atoms with E-state index < -0.39 is 4.92 Å². The maximum Gasteiger partial charge on any atom is 0.311 e. The monoisotopic (exact) mass is 271 g/mol. The van der Waals surface area contributed by atoms with Gasteiger partial charge in [-0.15, -0.1) is 0 Å². The third-order valence-electron chi connectivity index (χ3n) is 2.22. The number of benzene rings is 1. The summed E-state index contributed by atoms with van der Waals surface area (Å²) in [7, 11) is 0. The molecule has 0 aliphatic rings. The van der Waals surface area contributed by atoms with Gasteiger partial charge in [0.2, 0.25) is 0 Å². The number of nitro groups is 1. The van der Waals surface area contributed by atoms with Gasteiger partial charge in [-0.1, -0.05) is 11.6 Å². The highest BCUT2D eigenvalue weighted by molar-refractivity contribution is 6.30. The first-order valence-corrected chi connectivity index (χ1v) is 5.78. The Balaban J connectivity index is 2.53. The van der Waals surface area contributed by atoms with Crippen molar-refractivity contribution in [2.24, 2.45) is 5.73 Å². The molecule has 7 heteroatoms. The number of rotatable bonds is 7. The summed E-state index contributed by atoms with van der Waals surface area (Å²) in [5, 5.41) is 18.2. The summed E-state index contributed by atoms with van der Waals surface area (Å²) >= 11 is 5.76. The van der Waals surface area contributed by atoms with Crippen molar-refractivity contribution >= 4 is 23.1 Å². The van der Waals surface area contributed by atoms with Crippen LogP contribution in [-0.2, 0) is 0 Å². The maximum absolute atomic E-state index is 10.7. The Hall–Kier alpha value is -1.82.